The van der Waals surface area contributed by atoms with Crippen molar-refractivity contribution in [2.75, 3.05) is 29.9 Å². The number of para-hydroxylation sites is 2. The van der Waals surface area contributed by atoms with Crippen LogP contribution in [0.3, 0.4) is 0 Å². The Morgan fingerprint density at radius 3 is 2.48 bits per heavy atom. The smallest absolute Gasteiger partial charge is 0.232 e. The quantitative estimate of drug-likeness (QED) is 0.521. The molecule has 3 heterocycles. The average molecular weight is 386 g/mol. The highest BCUT2D eigenvalue weighted by Gasteiger charge is 2.29. The number of hydrogen-bond acceptors (Lipinski definition) is 5. The molecule has 0 saturated carbocycles. The van der Waals surface area contributed by atoms with Crippen LogP contribution < -0.4 is 9.80 Å². The Kier molecular flexibility index (Phi) is 4.01. The second-order valence-corrected chi connectivity index (χ2v) is 7.70. The summed E-state index contributed by atoms with van der Waals surface area (Å²) in [6, 6.07) is 11.9. The molecule has 0 N–H and O–H groups in total. The van der Waals surface area contributed by atoms with Crippen molar-refractivity contribution in [2.45, 2.75) is 20.3 Å². The minimum absolute atomic E-state index is 0.00450. The summed E-state index contributed by atoms with van der Waals surface area (Å²) in [4.78, 5) is 26.6. The maximum Gasteiger partial charge on any atom is 0.232 e. The molecule has 5 rings (SSSR count). The van der Waals surface area contributed by atoms with Crippen molar-refractivity contribution in [1.29, 1.82) is 0 Å². The first-order valence-corrected chi connectivity index (χ1v) is 9.77. The Labute approximate surface area is 168 Å². The van der Waals surface area contributed by atoms with E-state index in [1.54, 1.807) is 11.2 Å². The lowest BCUT2D eigenvalue weighted by Crippen LogP contribution is -2.44. The Bertz CT molecular complexity index is 1260. The topological polar surface area (TPSA) is 62.5 Å². The van der Waals surface area contributed by atoms with Crippen LogP contribution in [0.1, 0.15) is 16.7 Å². The first-order chi connectivity index (χ1) is 14.0. The van der Waals surface area contributed by atoms with Gasteiger partial charge in [0.1, 0.15) is 5.58 Å². The van der Waals surface area contributed by atoms with Gasteiger partial charge >= 0.3 is 0 Å². The van der Waals surface area contributed by atoms with Crippen molar-refractivity contribution in [3.63, 3.8) is 0 Å². The predicted molar refractivity (Wildman–Crippen MR) is 115 cm³/mol. The summed E-state index contributed by atoms with van der Waals surface area (Å²) in [5.41, 5.74) is 5.72. The van der Waals surface area contributed by atoms with Gasteiger partial charge in [-0.25, -0.2) is 9.97 Å². The van der Waals surface area contributed by atoms with Crippen LogP contribution in [0.25, 0.3) is 22.0 Å². The lowest BCUT2D eigenvalue weighted by atomic mass is 10.0. The van der Waals surface area contributed by atoms with E-state index in [0.29, 0.717) is 12.4 Å². The molecule has 0 unspecified atom stereocenters. The van der Waals surface area contributed by atoms with Crippen LogP contribution in [0.2, 0.25) is 0 Å². The SMILES string of the molecule is Cc1cc2occ(CC(=O)N3CCN(C)c4nc5ccccc5nc43)c2cc1C. The number of benzene rings is 2. The zero-order valence-electron chi connectivity index (χ0n) is 16.8. The molecule has 0 radical (unpaired) electrons. The first kappa shape index (κ1) is 17.7. The minimum Gasteiger partial charge on any atom is -0.464 e. The average Bonchev–Trinajstić information content (AvgIpc) is 3.08. The van der Waals surface area contributed by atoms with Gasteiger partial charge in [-0.2, -0.15) is 0 Å². The molecule has 146 valence electrons. The van der Waals surface area contributed by atoms with Gasteiger partial charge in [0.05, 0.1) is 23.7 Å². The van der Waals surface area contributed by atoms with E-state index in [1.807, 2.05) is 37.4 Å². The summed E-state index contributed by atoms with van der Waals surface area (Å²) in [5, 5.41) is 1.00. The fraction of sp³-hybridized carbons (Fsp3) is 0.261. The third-order valence-electron chi connectivity index (χ3n) is 5.72. The van der Waals surface area contributed by atoms with Crippen molar-refractivity contribution in [1.82, 2.24) is 9.97 Å². The standard InChI is InChI=1S/C23H22N4O2/c1-14-10-17-16(13-29-20(17)11-15(14)2)12-21(28)27-9-8-26(3)22-23(27)25-19-7-5-4-6-18(19)24-22/h4-7,10-11,13H,8-9,12H2,1-3H3. The van der Waals surface area contributed by atoms with E-state index in [-0.39, 0.29) is 12.3 Å². The molecule has 0 fully saturated rings. The number of carbonyl (C=O) groups is 1. The zero-order chi connectivity index (χ0) is 20.1. The molecule has 6 nitrogen and oxygen atoms in total. The number of furan rings is 1. The minimum atomic E-state index is 0.00450. The highest BCUT2D eigenvalue weighted by Crippen LogP contribution is 2.32. The maximum atomic E-state index is 13.3. The number of hydrogen-bond donors (Lipinski definition) is 0. The van der Waals surface area contributed by atoms with E-state index in [4.69, 9.17) is 14.4 Å². The molecule has 1 aliphatic heterocycles. The van der Waals surface area contributed by atoms with Gasteiger partial charge in [-0.3, -0.25) is 9.69 Å². The molecular formula is C23H22N4O2. The second-order valence-electron chi connectivity index (χ2n) is 7.70. The highest BCUT2D eigenvalue weighted by molar-refractivity contribution is 6.00. The molecule has 0 saturated heterocycles. The van der Waals surface area contributed by atoms with Crippen molar-refractivity contribution in [2.24, 2.45) is 0 Å². The molecule has 29 heavy (non-hydrogen) atoms. The molecule has 1 amide bonds. The van der Waals surface area contributed by atoms with Crippen molar-refractivity contribution < 1.29 is 9.21 Å². The number of anilines is 2. The van der Waals surface area contributed by atoms with Crippen LogP contribution in [0, 0.1) is 13.8 Å². The van der Waals surface area contributed by atoms with Gasteiger partial charge in [-0.05, 0) is 49.2 Å². The van der Waals surface area contributed by atoms with Gasteiger partial charge in [0.15, 0.2) is 11.6 Å². The molecule has 6 heteroatoms. The van der Waals surface area contributed by atoms with E-state index >= 15 is 0 Å². The molecule has 2 aromatic carbocycles. The maximum absolute atomic E-state index is 13.3. The number of amides is 1. The number of likely N-dealkylation sites (N-methyl/N-ethyl adjacent to an activating group) is 1. The number of aromatic nitrogens is 2. The van der Waals surface area contributed by atoms with E-state index in [2.05, 4.69) is 24.8 Å². The van der Waals surface area contributed by atoms with Crippen LogP contribution >= 0.6 is 0 Å². The van der Waals surface area contributed by atoms with Crippen LogP contribution in [0.15, 0.2) is 47.1 Å². The monoisotopic (exact) mass is 386 g/mol. The summed E-state index contributed by atoms with van der Waals surface area (Å²) < 4.78 is 5.71. The largest absolute Gasteiger partial charge is 0.464 e. The van der Waals surface area contributed by atoms with Crippen LogP contribution in [-0.2, 0) is 11.2 Å². The summed E-state index contributed by atoms with van der Waals surface area (Å²) in [7, 11) is 1.98. The normalized spacial score (nSPS) is 13.9. The first-order valence-electron chi connectivity index (χ1n) is 9.77. The van der Waals surface area contributed by atoms with Gasteiger partial charge < -0.3 is 9.32 Å². The number of nitrogens with zero attached hydrogens (tertiary/aromatic N) is 4. The van der Waals surface area contributed by atoms with Gasteiger partial charge in [0.25, 0.3) is 0 Å². The fourth-order valence-electron chi connectivity index (χ4n) is 3.85. The zero-order valence-corrected chi connectivity index (χ0v) is 16.8. The van der Waals surface area contributed by atoms with Crippen LogP contribution in [-0.4, -0.2) is 36.0 Å². The fourth-order valence-corrected chi connectivity index (χ4v) is 3.85. The Hall–Kier alpha value is -3.41. The van der Waals surface area contributed by atoms with Crippen molar-refractivity contribution in [3.05, 3.63) is 59.4 Å². The molecule has 0 atom stereocenters. The molecule has 0 spiro atoms. The summed E-state index contributed by atoms with van der Waals surface area (Å²) in [5.74, 6) is 1.37. The summed E-state index contributed by atoms with van der Waals surface area (Å²) in [6.07, 6.45) is 1.97. The lowest BCUT2D eigenvalue weighted by molar-refractivity contribution is -0.118. The molecular weight excluding hydrogens is 364 g/mol. The molecule has 0 bridgehead atoms. The highest BCUT2D eigenvalue weighted by atomic mass is 16.3. The van der Waals surface area contributed by atoms with Gasteiger partial charge in [-0.15, -0.1) is 0 Å². The van der Waals surface area contributed by atoms with Gasteiger partial charge in [0.2, 0.25) is 5.91 Å². The van der Waals surface area contributed by atoms with Crippen LogP contribution in [0.4, 0.5) is 11.6 Å². The van der Waals surface area contributed by atoms with Crippen LogP contribution in [0.5, 0.6) is 0 Å². The number of carbonyl (C=O) groups excluding carboxylic acids is 1. The van der Waals surface area contributed by atoms with E-state index in [0.717, 1.165) is 39.9 Å². The second kappa shape index (κ2) is 6.58. The third-order valence-corrected chi connectivity index (χ3v) is 5.72. The molecule has 1 aliphatic rings. The Balaban J connectivity index is 1.52. The number of rotatable bonds is 2. The lowest BCUT2D eigenvalue weighted by Gasteiger charge is -2.33. The number of fused-ring (bicyclic) bond motifs is 3. The molecule has 4 aromatic rings. The summed E-state index contributed by atoms with van der Waals surface area (Å²) >= 11 is 0. The Morgan fingerprint density at radius 1 is 1.03 bits per heavy atom. The summed E-state index contributed by atoms with van der Waals surface area (Å²) in [6.45, 7) is 5.44. The number of aryl methyl sites for hydroxylation is 2. The van der Waals surface area contributed by atoms with E-state index in [1.165, 1.54) is 11.1 Å². The molecule has 0 aliphatic carbocycles. The Morgan fingerprint density at radius 2 is 1.72 bits per heavy atom. The van der Waals surface area contributed by atoms with Gasteiger partial charge in [-0.1, -0.05) is 12.1 Å². The van der Waals surface area contributed by atoms with E-state index in [9.17, 15) is 4.79 Å². The van der Waals surface area contributed by atoms with Gasteiger partial charge in [0, 0.05) is 31.1 Å². The predicted octanol–water partition coefficient (Wildman–Crippen LogP) is 4.02. The van der Waals surface area contributed by atoms with Crippen molar-refractivity contribution >= 4 is 39.5 Å². The van der Waals surface area contributed by atoms with E-state index < -0.39 is 0 Å². The third kappa shape index (κ3) is 2.92. The van der Waals surface area contributed by atoms with Crippen molar-refractivity contribution in [3.8, 4) is 0 Å². The molecule has 2 aromatic heterocycles.